The van der Waals surface area contributed by atoms with Gasteiger partial charge in [-0.3, -0.25) is 4.90 Å². The van der Waals surface area contributed by atoms with Crippen LogP contribution in [0.5, 0.6) is 0 Å². The van der Waals surface area contributed by atoms with Crippen LogP contribution in [0.2, 0.25) is 0 Å². The van der Waals surface area contributed by atoms with Gasteiger partial charge >= 0.3 is 0 Å². The van der Waals surface area contributed by atoms with Crippen molar-refractivity contribution in [2.75, 3.05) is 36.8 Å². The van der Waals surface area contributed by atoms with Gasteiger partial charge in [-0.15, -0.1) is 6.42 Å². The molecule has 1 aromatic heterocycles. The summed E-state index contributed by atoms with van der Waals surface area (Å²) in [5.41, 5.74) is 2.07. The van der Waals surface area contributed by atoms with Crippen LogP contribution in [-0.4, -0.2) is 36.1 Å². The molecule has 31 heavy (non-hydrogen) atoms. The predicted molar refractivity (Wildman–Crippen MR) is 123 cm³/mol. The maximum absolute atomic E-state index is 9.40. The number of rotatable bonds is 9. The molecule has 0 radical (unpaired) electrons. The lowest BCUT2D eigenvalue weighted by Crippen LogP contribution is -2.33. The highest BCUT2D eigenvalue weighted by Gasteiger charge is 2.19. The molecule has 2 aromatic rings. The van der Waals surface area contributed by atoms with Gasteiger partial charge in [0.25, 0.3) is 0 Å². The Balaban J connectivity index is 1.44. The van der Waals surface area contributed by atoms with Crippen LogP contribution in [0.25, 0.3) is 0 Å². The van der Waals surface area contributed by atoms with Crippen LogP contribution in [0.15, 0.2) is 36.4 Å². The van der Waals surface area contributed by atoms with Gasteiger partial charge in [0.2, 0.25) is 0 Å². The summed E-state index contributed by atoms with van der Waals surface area (Å²) < 4.78 is 0. The molecule has 0 amide bonds. The lowest BCUT2D eigenvalue weighted by atomic mass is 9.92. The van der Waals surface area contributed by atoms with E-state index in [0.29, 0.717) is 22.8 Å². The van der Waals surface area contributed by atoms with E-state index in [-0.39, 0.29) is 6.54 Å². The van der Waals surface area contributed by atoms with Gasteiger partial charge in [-0.2, -0.15) is 10.5 Å². The summed E-state index contributed by atoms with van der Waals surface area (Å²) in [6, 6.07) is 16.4. The van der Waals surface area contributed by atoms with E-state index in [0.717, 1.165) is 44.9 Å². The van der Waals surface area contributed by atoms with Crippen LogP contribution in [0, 0.1) is 40.9 Å². The Labute approximate surface area is 184 Å². The molecule has 6 nitrogen and oxygen atoms in total. The minimum atomic E-state index is 0.274. The van der Waals surface area contributed by atoms with E-state index in [4.69, 9.17) is 6.42 Å². The third kappa shape index (κ3) is 6.48. The molecule has 1 aliphatic heterocycles. The molecule has 1 saturated heterocycles. The SMILES string of the molecule is C#CCNc1nc(NCCCC2CCN(Cc3ccccc3)CC2)c(C#N)cc1C#N. The van der Waals surface area contributed by atoms with Gasteiger partial charge in [0.1, 0.15) is 23.8 Å². The summed E-state index contributed by atoms with van der Waals surface area (Å²) in [4.78, 5) is 6.95. The smallest absolute Gasteiger partial charge is 0.147 e. The van der Waals surface area contributed by atoms with Crippen LogP contribution < -0.4 is 10.6 Å². The van der Waals surface area contributed by atoms with Crippen molar-refractivity contribution in [3.05, 3.63) is 53.1 Å². The Hall–Kier alpha value is -3.53. The van der Waals surface area contributed by atoms with E-state index < -0.39 is 0 Å². The highest BCUT2D eigenvalue weighted by atomic mass is 15.1. The van der Waals surface area contributed by atoms with Gasteiger partial charge < -0.3 is 10.6 Å². The molecule has 0 aliphatic carbocycles. The van der Waals surface area contributed by atoms with Crippen molar-refractivity contribution < 1.29 is 0 Å². The molecular weight excluding hydrogens is 384 g/mol. The van der Waals surface area contributed by atoms with Crippen molar-refractivity contribution in [2.45, 2.75) is 32.2 Å². The molecule has 158 valence electrons. The van der Waals surface area contributed by atoms with Crippen LogP contribution in [0.4, 0.5) is 11.6 Å². The first kappa shape index (κ1) is 22.2. The van der Waals surface area contributed by atoms with E-state index in [1.807, 2.05) is 0 Å². The number of hydrogen-bond acceptors (Lipinski definition) is 6. The fourth-order valence-corrected chi connectivity index (χ4v) is 3.96. The summed E-state index contributed by atoms with van der Waals surface area (Å²) in [5, 5.41) is 24.9. The molecule has 2 N–H and O–H groups in total. The third-order valence-electron chi connectivity index (χ3n) is 5.66. The monoisotopic (exact) mass is 412 g/mol. The average molecular weight is 413 g/mol. The lowest BCUT2D eigenvalue weighted by Gasteiger charge is -2.32. The number of likely N-dealkylation sites (tertiary alicyclic amines) is 1. The largest absolute Gasteiger partial charge is 0.369 e. The number of anilines is 2. The summed E-state index contributed by atoms with van der Waals surface area (Å²) in [7, 11) is 0. The minimum Gasteiger partial charge on any atom is -0.369 e. The summed E-state index contributed by atoms with van der Waals surface area (Å²) in [6.07, 6.45) is 9.92. The predicted octanol–water partition coefficient (Wildman–Crippen LogP) is 3.97. The summed E-state index contributed by atoms with van der Waals surface area (Å²) >= 11 is 0. The van der Waals surface area contributed by atoms with Crippen molar-refractivity contribution in [1.29, 1.82) is 10.5 Å². The van der Waals surface area contributed by atoms with Gasteiger partial charge in [-0.1, -0.05) is 36.3 Å². The summed E-state index contributed by atoms with van der Waals surface area (Å²) in [6.45, 7) is 4.34. The topological polar surface area (TPSA) is 87.8 Å². The van der Waals surface area contributed by atoms with Gasteiger partial charge in [-0.05, 0) is 56.3 Å². The number of pyridine rings is 1. The Kier molecular flexibility index (Phi) is 8.29. The summed E-state index contributed by atoms with van der Waals surface area (Å²) in [5.74, 6) is 4.12. The molecule has 3 rings (SSSR count). The second kappa shape index (κ2) is 11.6. The number of benzene rings is 1. The van der Waals surface area contributed by atoms with E-state index in [2.05, 4.69) is 68.9 Å². The average Bonchev–Trinajstić information content (AvgIpc) is 2.82. The molecular formula is C25H28N6. The Morgan fingerprint density at radius 1 is 1.03 bits per heavy atom. The van der Waals surface area contributed by atoms with Crippen molar-refractivity contribution in [3.63, 3.8) is 0 Å². The Morgan fingerprint density at radius 3 is 2.35 bits per heavy atom. The molecule has 0 bridgehead atoms. The first-order valence-corrected chi connectivity index (χ1v) is 10.8. The van der Waals surface area contributed by atoms with Crippen molar-refractivity contribution >= 4 is 11.6 Å². The second-order valence-electron chi connectivity index (χ2n) is 7.84. The van der Waals surface area contributed by atoms with Crippen LogP contribution in [-0.2, 0) is 6.54 Å². The number of aromatic nitrogens is 1. The minimum absolute atomic E-state index is 0.274. The van der Waals surface area contributed by atoms with Crippen LogP contribution >= 0.6 is 0 Å². The zero-order valence-corrected chi connectivity index (χ0v) is 17.8. The molecule has 0 spiro atoms. The van der Waals surface area contributed by atoms with E-state index in [1.54, 1.807) is 6.07 Å². The van der Waals surface area contributed by atoms with E-state index in [1.165, 1.54) is 18.4 Å². The number of nitrogens with zero attached hydrogens (tertiary/aromatic N) is 4. The standard InChI is InChI=1S/C25H28N6/c1-2-12-28-24-22(17-26)16-23(18-27)25(30-24)29-13-6-9-20-10-14-31(15-11-20)19-21-7-4-3-5-8-21/h1,3-5,7-8,16,20H,6,9-15,19H2,(H2,28,29,30). The number of piperidine rings is 1. The van der Waals surface area contributed by atoms with Crippen molar-refractivity contribution in [1.82, 2.24) is 9.88 Å². The number of nitriles is 2. The highest BCUT2D eigenvalue weighted by molar-refractivity contribution is 5.64. The molecule has 2 heterocycles. The third-order valence-corrected chi connectivity index (χ3v) is 5.66. The molecule has 0 saturated carbocycles. The fourth-order valence-electron chi connectivity index (χ4n) is 3.96. The molecule has 0 atom stereocenters. The molecule has 0 unspecified atom stereocenters. The number of hydrogen-bond donors (Lipinski definition) is 2. The van der Waals surface area contributed by atoms with Gasteiger partial charge in [0.05, 0.1) is 17.7 Å². The van der Waals surface area contributed by atoms with E-state index in [9.17, 15) is 10.5 Å². The lowest BCUT2D eigenvalue weighted by molar-refractivity contribution is 0.171. The normalized spacial score (nSPS) is 14.2. The van der Waals surface area contributed by atoms with Crippen molar-refractivity contribution in [3.8, 4) is 24.5 Å². The van der Waals surface area contributed by atoms with Gasteiger partial charge in [-0.25, -0.2) is 4.98 Å². The van der Waals surface area contributed by atoms with Gasteiger partial charge in [0.15, 0.2) is 0 Å². The first-order valence-electron chi connectivity index (χ1n) is 10.8. The molecule has 1 fully saturated rings. The molecule has 1 aliphatic rings. The maximum atomic E-state index is 9.40. The number of nitrogens with one attached hydrogen (secondary N) is 2. The van der Waals surface area contributed by atoms with Crippen LogP contribution in [0.1, 0.15) is 42.4 Å². The zero-order chi connectivity index (χ0) is 21.9. The zero-order valence-electron chi connectivity index (χ0n) is 17.8. The van der Waals surface area contributed by atoms with E-state index >= 15 is 0 Å². The second-order valence-corrected chi connectivity index (χ2v) is 7.84. The van der Waals surface area contributed by atoms with Crippen molar-refractivity contribution in [2.24, 2.45) is 5.92 Å². The van der Waals surface area contributed by atoms with Gasteiger partial charge in [0, 0.05) is 13.1 Å². The molecule has 6 heteroatoms. The highest BCUT2D eigenvalue weighted by Crippen LogP contribution is 2.24. The Bertz CT molecular complexity index is 972. The van der Waals surface area contributed by atoms with Crippen LogP contribution in [0.3, 0.4) is 0 Å². The Morgan fingerprint density at radius 2 is 1.71 bits per heavy atom. The fraction of sp³-hybridized carbons (Fsp3) is 0.400. The molecule has 1 aromatic carbocycles. The quantitative estimate of drug-likeness (QED) is 0.479. The maximum Gasteiger partial charge on any atom is 0.147 e. The number of terminal acetylenes is 1. The first-order chi connectivity index (χ1) is 15.2.